The summed E-state index contributed by atoms with van der Waals surface area (Å²) in [6.45, 7) is 3.79. The Morgan fingerprint density at radius 1 is 1.21 bits per heavy atom. The van der Waals surface area contributed by atoms with E-state index in [4.69, 9.17) is 15.2 Å². The van der Waals surface area contributed by atoms with Crippen molar-refractivity contribution in [2.45, 2.75) is 26.7 Å². The maximum absolute atomic E-state index is 11.7. The maximum atomic E-state index is 11.7. The molecule has 1 aromatic carbocycles. The van der Waals surface area contributed by atoms with Crippen LogP contribution in [-0.2, 0) is 14.3 Å². The number of benzene rings is 1. The summed E-state index contributed by atoms with van der Waals surface area (Å²) in [7, 11) is 0. The molecule has 1 aromatic rings. The number of anilines is 1. The van der Waals surface area contributed by atoms with E-state index < -0.39 is 11.9 Å². The molecule has 0 spiro atoms. The minimum atomic E-state index is -0.581. The molecule has 19 heavy (non-hydrogen) atoms. The van der Waals surface area contributed by atoms with E-state index in [-0.39, 0.29) is 6.61 Å². The van der Waals surface area contributed by atoms with Crippen molar-refractivity contribution >= 4 is 17.6 Å². The van der Waals surface area contributed by atoms with Crippen LogP contribution in [0.2, 0.25) is 0 Å². The quantitative estimate of drug-likeness (QED) is 0.484. The Morgan fingerprint density at radius 2 is 1.95 bits per heavy atom. The lowest BCUT2D eigenvalue weighted by atomic mass is 10.1. The molecule has 0 aromatic heterocycles. The molecule has 2 N–H and O–H groups in total. The number of unbranched alkanes of at least 4 members (excludes halogenated alkanes) is 1. The number of aryl methyl sites for hydroxylation is 1. The van der Waals surface area contributed by atoms with E-state index in [0.717, 1.165) is 18.4 Å². The fourth-order valence-electron chi connectivity index (χ4n) is 1.51. The number of rotatable bonds is 6. The molecule has 0 aliphatic carbocycles. The highest BCUT2D eigenvalue weighted by Gasteiger charge is 2.11. The topological polar surface area (TPSA) is 78.6 Å². The highest BCUT2D eigenvalue weighted by molar-refractivity contribution is 5.91. The molecule has 0 atom stereocenters. The minimum absolute atomic E-state index is 0.332. The summed E-state index contributed by atoms with van der Waals surface area (Å²) in [5.74, 6) is -1.12. The monoisotopic (exact) mass is 265 g/mol. The zero-order valence-corrected chi connectivity index (χ0v) is 11.3. The summed E-state index contributed by atoms with van der Waals surface area (Å²) in [6.07, 6.45) is 1.74. The highest BCUT2D eigenvalue weighted by Crippen LogP contribution is 2.12. The van der Waals surface area contributed by atoms with Gasteiger partial charge >= 0.3 is 11.9 Å². The lowest BCUT2D eigenvalue weighted by Crippen LogP contribution is -2.17. The number of nitrogen functional groups attached to an aromatic ring is 1. The van der Waals surface area contributed by atoms with E-state index in [1.54, 1.807) is 12.1 Å². The van der Waals surface area contributed by atoms with Crippen LogP contribution in [0.25, 0.3) is 0 Å². The third-order valence-corrected chi connectivity index (χ3v) is 2.42. The number of carbonyl (C=O) groups excluding carboxylic acids is 2. The van der Waals surface area contributed by atoms with Crippen molar-refractivity contribution in [3.05, 3.63) is 29.3 Å². The van der Waals surface area contributed by atoms with E-state index in [2.05, 4.69) is 0 Å². The van der Waals surface area contributed by atoms with Gasteiger partial charge in [-0.15, -0.1) is 0 Å². The van der Waals surface area contributed by atoms with Crippen molar-refractivity contribution in [3.63, 3.8) is 0 Å². The lowest BCUT2D eigenvalue weighted by Gasteiger charge is -2.07. The minimum Gasteiger partial charge on any atom is -0.463 e. The molecule has 0 radical (unpaired) electrons. The first-order valence-electron chi connectivity index (χ1n) is 6.23. The van der Waals surface area contributed by atoms with E-state index in [0.29, 0.717) is 17.9 Å². The van der Waals surface area contributed by atoms with Crippen LogP contribution in [0.15, 0.2) is 18.2 Å². The molecule has 1 rings (SSSR count). The summed E-state index contributed by atoms with van der Waals surface area (Å²) in [6, 6.07) is 4.91. The highest BCUT2D eigenvalue weighted by atomic mass is 16.6. The Kier molecular flexibility index (Phi) is 5.85. The first-order valence-corrected chi connectivity index (χ1v) is 6.23. The number of ether oxygens (including phenoxy) is 2. The molecule has 0 aliphatic rings. The van der Waals surface area contributed by atoms with Crippen LogP contribution in [0.4, 0.5) is 5.69 Å². The summed E-state index contributed by atoms with van der Waals surface area (Å²) in [5, 5.41) is 0. The van der Waals surface area contributed by atoms with Gasteiger partial charge in [-0.2, -0.15) is 0 Å². The molecule has 5 nitrogen and oxygen atoms in total. The van der Waals surface area contributed by atoms with Gasteiger partial charge in [-0.3, -0.25) is 0 Å². The third-order valence-electron chi connectivity index (χ3n) is 2.42. The van der Waals surface area contributed by atoms with E-state index >= 15 is 0 Å². The molecule has 5 heteroatoms. The fourth-order valence-corrected chi connectivity index (χ4v) is 1.51. The number of nitrogens with two attached hydrogens (primary N) is 1. The van der Waals surface area contributed by atoms with Crippen LogP contribution in [0.1, 0.15) is 35.7 Å². The van der Waals surface area contributed by atoms with E-state index in [9.17, 15) is 9.59 Å². The van der Waals surface area contributed by atoms with Crippen molar-refractivity contribution in [3.8, 4) is 0 Å². The molecule has 104 valence electrons. The molecule has 0 saturated carbocycles. The first kappa shape index (κ1) is 15.0. The summed E-state index contributed by atoms with van der Waals surface area (Å²) in [5.41, 5.74) is 7.31. The number of hydrogen-bond donors (Lipinski definition) is 1. The van der Waals surface area contributed by atoms with Gasteiger partial charge in [0.15, 0.2) is 6.61 Å². The van der Waals surface area contributed by atoms with Crippen LogP contribution in [0.3, 0.4) is 0 Å². The summed E-state index contributed by atoms with van der Waals surface area (Å²) in [4.78, 5) is 23.0. The number of carbonyl (C=O) groups is 2. The van der Waals surface area contributed by atoms with Gasteiger partial charge in [0.25, 0.3) is 0 Å². The summed E-state index contributed by atoms with van der Waals surface area (Å²) >= 11 is 0. The average molecular weight is 265 g/mol. The van der Waals surface area contributed by atoms with Crippen LogP contribution in [0.5, 0.6) is 0 Å². The van der Waals surface area contributed by atoms with Gasteiger partial charge in [0.1, 0.15) is 0 Å². The van der Waals surface area contributed by atoms with Crippen molar-refractivity contribution in [1.82, 2.24) is 0 Å². The molecule has 0 heterocycles. The first-order chi connectivity index (χ1) is 9.02. The molecule has 0 aliphatic heterocycles. The molecular weight excluding hydrogens is 246 g/mol. The Labute approximate surface area is 112 Å². The molecule has 0 bridgehead atoms. The van der Waals surface area contributed by atoms with Crippen LogP contribution in [-0.4, -0.2) is 25.2 Å². The van der Waals surface area contributed by atoms with Crippen molar-refractivity contribution in [1.29, 1.82) is 0 Å². The van der Waals surface area contributed by atoms with Crippen molar-refractivity contribution in [2.24, 2.45) is 0 Å². The summed E-state index contributed by atoms with van der Waals surface area (Å²) < 4.78 is 9.74. The standard InChI is InChI=1S/C14H19NO4/c1-3-4-5-18-13(16)9-19-14(17)11-6-10(2)7-12(15)8-11/h6-8H,3-5,9,15H2,1-2H3. The van der Waals surface area contributed by atoms with Gasteiger partial charge < -0.3 is 15.2 Å². The lowest BCUT2D eigenvalue weighted by molar-refractivity contribution is -0.147. The molecule has 0 saturated heterocycles. The second-order valence-corrected chi connectivity index (χ2v) is 4.28. The van der Waals surface area contributed by atoms with Crippen LogP contribution in [0, 0.1) is 6.92 Å². The Bertz CT molecular complexity index is 437. The van der Waals surface area contributed by atoms with Crippen molar-refractivity contribution in [2.75, 3.05) is 18.9 Å². The van der Waals surface area contributed by atoms with Gasteiger partial charge in [0, 0.05) is 5.69 Å². The second kappa shape index (κ2) is 7.41. The number of esters is 2. The smallest absolute Gasteiger partial charge is 0.344 e. The van der Waals surface area contributed by atoms with Gasteiger partial charge in [0.2, 0.25) is 0 Å². The molecule has 0 unspecified atom stereocenters. The maximum Gasteiger partial charge on any atom is 0.344 e. The van der Waals surface area contributed by atoms with Crippen LogP contribution >= 0.6 is 0 Å². The average Bonchev–Trinajstić information content (AvgIpc) is 2.35. The Morgan fingerprint density at radius 3 is 2.58 bits per heavy atom. The van der Waals surface area contributed by atoms with E-state index in [1.807, 2.05) is 13.8 Å². The molecule has 0 fully saturated rings. The SMILES string of the molecule is CCCCOC(=O)COC(=O)c1cc(C)cc(N)c1. The van der Waals surface area contributed by atoms with Gasteiger partial charge in [-0.25, -0.2) is 9.59 Å². The third kappa shape index (κ3) is 5.42. The predicted octanol–water partition coefficient (Wildman–Crippen LogP) is 2.08. The molecule has 0 amide bonds. The number of hydrogen-bond acceptors (Lipinski definition) is 5. The Balaban J connectivity index is 2.44. The zero-order valence-electron chi connectivity index (χ0n) is 11.3. The van der Waals surface area contributed by atoms with Crippen molar-refractivity contribution < 1.29 is 19.1 Å². The van der Waals surface area contributed by atoms with E-state index in [1.165, 1.54) is 6.07 Å². The zero-order chi connectivity index (χ0) is 14.3. The predicted molar refractivity (Wildman–Crippen MR) is 71.7 cm³/mol. The van der Waals surface area contributed by atoms with Gasteiger partial charge in [-0.1, -0.05) is 13.3 Å². The molecular formula is C14H19NO4. The van der Waals surface area contributed by atoms with Gasteiger partial charge in [0.05, 0.1) is 12.2 Å². The Hall–Kier alpha value is -2.04. The van der Waals surface area contributed by atoms with Crippen LogP contribution < -0.4 is 5.73 Å². The second-order valence-electron chi connectivity index (χ2n) is 4.28. The fraction of sp³-hybridized carbons (Fsp3) is 0.429. The normalized spacial score (nSPS) is 10.0. The van der Waals surface area contributed by atoms with Gasteiger partial charge in [-0.05, 0) is 37.1 Å². The largest absolute Gasteiger partial charge is 0.463 e.